The minimum absolute atomic E-state index is 0.338. The van der Waals surface area contributed by atoms with Gasteiger partial charge in [-0.05, 0) is 23.6 Å². The number of nitrogens with zero attached hydrogens (tertiary/aromatic N) is 2. The average molecular weight is 246 g/mol. The van der Waals surface area contributed by atoms with Crippen molar-refractivity contribution < 1.29 is 9.26 Å². The molecule has 4 nitrogen and oxygen atoms in total. The van der Waals surface area contributed by atoms with Gasteiger partial charge in [-0.25, -0.2) is 0 Å². The number of benzene rings is 1. The van der Waals surface area contributed by atoms with Gasteiger partial charge < -0.3 is 9.26 Å². The maximum Gasteiger partial charge on any atom is 0.226 e. The van der Waals surface area contributed by atoms with Crippen LogP contribution in [0.2, 0.25) is 0 Å². The largest absolute Gasteiger partial charge is 0.485 e. The van der Waals surface area contributed by atoms with Crippen LogP contribution in [0.15, 0.2) is 28.8 Å². The second-order valence-electron chi connectivity index (χ2n) is 4.47. The van der Waals surface area contributed by atoms with Crippen molar-refractivity contribution in [2.45, 2.75) is 39.7 Å². The van der Waals surface area contributed by atoms with Crippen LogP contribution in [0.1, 0.15) is 44.0 Å². The monoisotopic (exact) mass is 246 g/mol. The minimum Gasteiger partial charge on any atom is -0.485 e. The van der Waals surface area contributed by atoms with Crippen LogP contribution in [0, 0.1) is 0 Å². The molecule has 2 rings (SSSR count). The van der Waals surface area contributed by atoms with E-state index in [1.807, 2.05) is 19.1 Å². The average Bonchev–Trinajstić information content (AvgIpc) is 2.85. The van der Waals surface area contributed by atoms with E-state index < -0.39 is 0 Å². The third-order valence-electron chi connectivity index (χ3n) is 2.73. The van der Waals surface area contributed by atoms with Crippen LogP contribution in [0.5, 0.6) is 5.75 Å². The summed E-state index contributed by atoms with van der Waals surface area (Å²) in [6, 6.07) is 8.09. The highest BCUT2D eigenvalue weighted by Gasteiger charge is 2.05. The van der Waals surface area contributed by atoms with Gasteiger partial charge in [0, 0.05) is 6.42 Å². The predicted octanol–water partition coefficient (Wildman–Crippen LogP) is 3.33. The fraction of sp³-hybridized carbons (Fsp3) is 0.429. The summed E-state index contributed by atoms with van der Waals surface area (Å²) < 4.78 is 10.6. The Morgan fingerprint density at radius 1 is 1.22 bits per heavy atom. The molecule has 0 aliphatic rings. The maximum atomic E-state index is 5.60. The molecule has 4 heteroatoms. The molecule has 0 aliphatic carbocycles. The zero-order valence-corrected chi connectivity index (χ0v) is 11.0. The lowest BCUT2D eigenvalue weighted by Gasteiger charge is -2.07. The molecule has 0 unspecified atom stereocenters. The van der Waals surface area contributed by atoms with Crippen LogP contribution >= 0.6 is 0 Å². The predicted molar refractivity (Wildman–Crippen MR) is 68.5 cm³/mol. The first-order valence-corrected chi connectivity index (χ1v) is 6.23. The number of ether oxygens (including phenoxy) is 1. The van der Waals surface area contributed by atoms with Crippen LogP contribution in [0.4, 0.5) is 0 Å². The second-order valence-corrected chi connectivity index (χ2v) is 4.47. The molecule has 0 fully saturated rings. The molecule has 0 N–H and O–H groups in total. The van der Waals surface area contributed by atoms with Gasteiger partial charge in [0.25, 0.3) is 0 Å². The highest BCUT2D eigenvalue weighted by molar-refractivity contribution is 5.28. The summed E-state index contributed by atoms with van der Waals surface area (Å²) in [5.74, 6) is 2.58. The molecular formula is C14H18N2O2. The van der Waals surface area contributed by atoms with Gasteiger partial charge in [0.2, 0.25) is 11.7 Å². The summed E-state index contributed by atoms with van der Waals surface area (Å²) in [5.41, 5.74) is 1.30. The Labute approximate surface area is 107 Å². The third kappa shape index (κ3) is 3.09. The van der Waals surface area contributed by atoms with Crippen LogP contribution in [0.25, 0.3) is 0 Å². The van der Waals surface area contributed by atoms with Crippen molar-refractivity contribution in [1.29, 1.82) is 0 Å². The summed E-state index contributed by atoms with van der Waals surface area (Å²) in [7, 11) is 0. The van der Waals surface area contributed by atoms with Crippen molar-refractivity contribution in [1.82, 2.24) is 10.1 Å². The van der Waals surface area contributed by atoms with E-state index in [0.717, 1.165) is 12.2 Å². The van der Waals surface area contributed by atoms with Gasteiger partial charge in [0.05, 0.1) is 0 Å². The Kier molecular flexibility index (Phi) is 3.97. The molecule has 0 saturated carbocycles. The molecule has 0 radical (unpaired) electrons. The Hall–Kier alpha value is -1.84. The maximum absolute atomic E-state index is 5.60. The number of rotatable bonds is 5. The third-order valence-corrected chi connectivity index (χ3v) is 2.73. The molecule has 0 saturated heterocycles. The Balaban J connectivity index is 1.93. The fourth-order valence-electron chi connectivity index (χ4n) is 1.59. The van der Waals surface area contributed by atoms with E-state index in [9.17, 15) is 0 Å². The normalized spacial score (nSPS) is 10.9. The van der Waals surface area contributed by atoms with E-state index in [0.29, 0.717) is 24.2 Å². The zero-order valence-electron chi connectivity index (χ0n) is 11.0. The number of hydrogen-bond acceptors (Lipinski definition) is 4. The topological polar surface area (TPSA) is 48.2 Å². The number of aromatic nitrogens is 2. The summed E-state index contributed by atoms with van der Waals surface area (Å²) in [5, 5.41) is 3.84. The fourth-order valence-corrected chi connectivity index (χ4v) is 1.59. The van der Waals surface area contributed by atoms with Gasteiger partial charge in [0.1, 0.15) is 5.75 Å². The van der Waals surface area contributed by atoms with E-state index in [2.05, 4.69) is 36.1 Å². The summed E-state index contributed by atoms with van der Waals surface area (Å²) in [6.45, 7) is 6.65. The van der Waals surface area contributed by atoms with Gasteiger partial charge in [-0.1, -0.05) is 38.1 Å². The molecule has 0 bridgehead atoms. The van der Waals surface area contributed by atoms with Crippen molar-refractivity contribution >= 4 is 0 Å². The molecule has 0 spiro atoms. The lowest BCUT2D eigenvalue weighted by atomic mass is 10.0. The Bertz CT molecular complexity index is 489. The smallest absolute Gasteiger partial charge is 0.226 e. The van der Waals surface area contributed by atoms with Gasteiger partial charge in [-0.2, -0.15) is 4.98 Å². The Morgan fingerprint density at radius 3 is 2.50 bits per heavy atom. The van der Waals surface area contributed by atoms with Crippen molar-refractivity contribution in [3.8, 4) is 5.75 Å². The van der Waals surface area contributed by atoms with Gasteiger partial charge in [-0.3, -0.25) is 0 Å². The summed E-state index contributed by atoms with van der Waals surface area (Å²) in [6.07, 6.45) is 0.746. The molecule has 1 aromatic heterocycles. The van der Waals surface area contributed by atoms with E-state index >= 15 is 0 Å². The molecule has 2 aromatic rings. The SMILES string of the molecule is CCc1nc(COc2ccc(C(C)C)cc2)no1. The standard InChI is InChI=1S/C14H18N2O2/c1-4-14-15-13(16-18-14)9-17-12-7-5-11(6-8-12)10(2)3/h5-8,10H,4,9H2,1-3H3. The van der Waals surface area contributed by atoms with E-state index in [1.54, 1.807) is 0 Å². The van der Waals surface area contributed by atoms with E-state index in [-0.39, 0.29) is 0 Å². The molecule has 96 valence electrons. The number of hydrogen-bond donors (Lipinski definition) is 0. The summed E-state index contributed by atoms with van der Waals surface area (Å²) in [4.78, 5) is 4.19. The molecule has 1 aromatic carbocycles. The molecule has 1 heterocycles. The van der Waals surface area contributed by atoms with Gasteiger partial charge >= 0.3 is 0 Å². The minimum atomic E-state index is 0.338. The molecule has 18 heavy (non-hydrogen) atoms. The first-order valence-electron chi connectivity index (χ1n) is 6.23. The van der Waals surface area contributed by atoms with Gasteiger partial charge in [-0.15, -0.1) is 0 Å². The van der Waals surface area contributed by atoms with Crippen LogP contribution < -0.4 is 4.74 Å². The summed E-state index contributed by atoms with van der Waals surface area (Å²) >= 11 is 0. The Morgan fingerprint density at radius 2 is 1.94 bits per heavy atom. The first kappa shape index (κ1) is 12.6. The second kappa shape index (κ2) is 5.67. The molecular weight excluding hydrogens is 228 g/mol. The number of aryl methyl sites for hydroxylation is 1. The quantitative estimate of drug-likeness (QED) is 0.811. The first-order chi connectivity index (χ1) is 8.69. The lowest BCUT2D eigenvalue weighted by Crippen LogP contribution is -1.98. The van der Waals surface area contributed by atoms with Crippen LogP contribution in [-0.4, -0.2) is 10.1 Å². The van der Waals surface area contributed by atoms with E-state index in [1.165, 1.54) is 5.56 Å². The van der Waals surface area contributed by atoms with Crippen molar-refractivity contribution in [2.24, 2.45) is 0 Å². The lowest BCUT2D eigenvalue weighted by molar-refractivity contribution is 0.285. The highest BCUT2D eigenvalue weighted by atomic mass is 16.5. The van der Waals surface area contributed by atoms with Crippen LogP contribution in [0.3, 0.4) is 0 Å². The highest BCUT2D eigenvalue weighted by Crippen LogP contribution is 2.19. The van der Waals surface area contributed by atoms with Crippen molar-refractivity contribution in [2.75, 3.05) is 0 Å². The van der Waals surface area contributed by atoms with Crippen molar-refractivity contribution in [3.63, 3.8) is 0 Å². The molecule has 0 amide bonds. The zero-order chi connectivity index (χ0) is 13.0. The van der Waals surface area contributed by atoms with E-state index in [4.69, 9.17) is 9.26 Å². The van der Waals surface area contributed by atoms with Gasteiger partial charge in [0.15, 0.2) is 6.61 Å². The molecule has 0 aliphatic heterocycles. The van der Waals surface area contributed by atoms with Crippen LogP contribution in [-0.2, 0) is 13.0 Å². The molecule has 0 atom stereocenters. The van der Waals surface area contributed by atoms with Crippen molar-refractivity contribution in [3.05, 3.63) is 41.5 Å².